The fraction of sp³-hybridized carbons (Fsp3) is 0.421. The van der Waals surface area contributed by atoms with E-state index in [0.717, 1.165) is 47.9 Å². The molecule has 232 valence electrons. The lowest BCUT2D eigenvalue weighted by molar-refractivity contribution is -0.138. The molecule has 1 heterocycles. The van der Waals surface area contributed by atoms with Gasteiger partial charge in [-0.1, -0.05) is 67.8 Å². The Hall–Kier alpha value is -3.67. The number of carbonyl (C=O) groups is 1. The van der Waals surface area contributed by atoms with Crippen LogP contribution in [0.3, 0.4) is 0 Å². The van der Waals surface area contributed by atoms with Crippen LogP contribution < -0.4 is 4.74 Å². The van der Waals surface area contributed by atoms with Crippen LogP contribution in [0.15, 0.2) is 101 Å². The number of ether oxygens (including phenoxy) is 1. The maximum Gasteiger partial charge on any atom is 0.416 e. The molecular formula is C38H42F3NO2. The van der Waals surface area contributed by atoms with Crippen molar-refractivity contribution in [3.05, 3.63) is 112 Å². The van der Waals surface area contributed by atoms with Gasteiger partial charge < -0.3 is 4.74 Å². The Morgan fingerprint density at radius 3 is 2.41 bits per heavy atom. The first-order valence-corrected chi connectivity index (χ1v) is 16.1. The fourth-order valence-corrected chi connectivity index (χ4v) is 6.38. The molecule has 0 saturated heterocycles. The largest absolute Gasteiger partial charge is 0.490 e. The molecule has 3 nitrogen and oxygen atoms in total. The lowest BCUT2D eigenvalue weighted by Crippen LogP contribution is -2.17. The quantitative estimate of drug-likeness (QED) is 0.317. The van der Waals surface area contributed by atoms with Gasteiger partial charge in [0.1, 0.15) is 5.75 Å². The first kappa shape index (κ1) is 31.7. The van der Waals surface area contributed by atoms with E-state index in [1.807, 2.05) is 6.21 Å². The van der Waals surface area contributed by atoms with Crippen molar-refractivity contribution in [2.24, 2.45) is 10.9 Å². The standard InChI is InChI=1S/C38H42F3NO2/c39-38(40,41)37-14-7-6-9-30(37)19-18-29-20-23-33(43)24-21-31-27-42-32(10-8-13-36(29)31)22-15-28-16-25-35(26-17-28)44-34-11-4-2-1-3-5-12-34/h6-9,13-14,16-17,21-22,24-27,29,34H,1-5,10-12,15,18-20,23H2/b13-8+,24-21-,32-22-,36-31+,42-27-. The van der Waals surface area contributed by atoms with Crippen LogP contribution in [0.5, 0.6) is 5.75 Å². The molecule has 0 amide bonds. The lowest BCUT2D eigenvalue weighted by atomic mass is 9.82. The van der Waals surface area contributed by atoms with Crippen LogP contribution in [0, 0.1) is 5.92 Å². The second-order valence-electron chi connectivity index (χ2n) is 12.1. The third-order valence-electron chi connectivity index (χ3n) is 8.89. The highest BCUT2D eigenvalue weighted by Crippen LogP contribution is 2.35. The second-order valence-corrected chi connectivity index (χ2v) is 12.1. The van der Waals surface area contributed by atoms with Crippen LogP contribution in [-0.2, 0) is 23.8 Å². The molecule has 0 N–H and O–H groups in total. The summed E-state index contributed by atoms with van der Waals surface area (Å²) in [4.78, 5) is 17.2. The number of aryl methyl sites for hydroxylation is 1. The molecule has 1 aliphatic heterocycles. The molecule has 6 heteroatoms. The second kappa shape index (κ2) is 15.4. The van der Waals surface area contributed by atoms with E-state index in [0.29, 0.717) is 37.4 Å². The van der Waals surface area contributed by atoms with Gasteiger partial charge in [-0.25, -0.2) is 0 Å². The third-order valence-corrected chi connectivity index (χ3v) is 8.89. The summed E-state index contributed by atoms with van der Waals surface area (Å²) >= 11 is 0. The summed E-state index contributed by atoms with van der Waals surface area (Å²) in [5.74, 6) is 0.909. The summed E-state index contributed by atoms with van der Waals surface area (Å²) in [6, 6.07) is 14.1. The van der Waals surface area contributed by atoms with Gasteiger partial charge in [0.25, 0.3) is 0 Å². The monoisotopic (exact) mass is 601 g/mol. The van der Waals surface area contributed by atoms with Crippen molar-refractivity contribution in [2.75, 3.05) is 0 Å². The third kappa shape index (κ3) is 9.17. The van der Waals surface area contributed by atoms with E-state index in [1.165, 1.54) is 43.7 Å². The molecule has 1 unspecified atom stereocenters. The predicted molar refractivity (Wildman–Crippen MR) is 171 cm³/mol. The maximum absolute atomic E-state index is 13.6. The van der Waals surface area contributed by atoms with Crippen molar-refractivity contribution in [3.63, 3.8) is 0 Å². The van der Waals surface area contributed by atoms with Crippen molar-refractivity contribution in [2.45, 2.75) is 95.8 Å². The Kier molecular flexibility index (Phi) is 11.1. The van der Waals surface area contributed by atoms with Gasteiger partial charge in [0.15, 0.2) is 5.78 Å². The van der Waals surface area contributed by atoms with Crippen LogP contribution in [0.1, 0.15) is 87.3 Å². The molecule has 2 aromatic rings. The average molecular weight is 602 g/mol. The van der Waals surface area contributed by atoms with Gasteiger partial charge in [-0.15, -0.1) is 0 Å². The van der Waals surface area contributed by atoms with E-state index in [2.05, 4.69) is 42.5 Å². The Morgan fingerprint density at radius 2 is 1.64 bits per heavy atom. The highest BCUT2D eigenvalue weighted by molar-refractivity contribution is 5.94. The van der Waals surface area contributed by atoms with E-state index >= 15 is 0 Å². The molecule has 0 aromatic heterocycles. The minimum atomic E-state index is -4.39. The van der Waals surface area contributed by atoms with Crippen LogP contribution in [0.4, 0.5) is 13.2 Å². The van der Waals surface area contributed by atoms with E-state index in [9.17, 15) is 18.0 Å². The molecule has 1 saturated carbocycles. The highest BCUT2D eigenvalue weighted by atomic mass is 19.4. The smallest absolute Gasteiger partial charge is 0.416 e. The molecule has 44 heavy (non-hydrogen) atoms. The van der Waals surface area contributed by atoms with Crippen molar-refractivity contribution >= 4 is 12.0 Å². The van der Waals surface area contributed by atoms with E-state index in [1.54, 1.807) is 24.3 Å². The topological polar surface area (TPSA) is 38.7 Å². The Bertz CT molecular complexity index is 1420. The summed E-state index contributed by atoms with van der Waals surface area (Å²) < 4.78 is 47.0. The zero-order valence-corrected chi connectivity index (χ0v) is 25.3. The molecule has 1 fully saturated rings. The molecule has 0 bridgehead atoms. The van der Waals surface area contributed by atoms with Gasteiger partial charge >= 0.3 is 6.18 Å². The van der Waals surface area contributed by atoms with Gasteiger partial charge in [-0.05, 0) is 110 Å². The summed E-state index contributed by atoms with van der Waals surface area (Å²) in [5, 5.41) is 0. The van der Waals surface area contributed by atoms with Gasteiger partial charge in [0.05, 0.1) is 11.7 Å². The average Bonchev–Trinajstić information content (AvgIpc) is 2.98. The van der Waals surface area contributed by atoms with Crippen LogP contribution >= 0.6 is 0 Å². The molecule has 0 spiro atoms. The molecule has 0 radical (unpaired) electrons. The van der Waals surface area contributed by atoms with Gasteiger partial charge in [0, 0.05) is 24.8 Å². The first-order chi connectivity index (χ1) is 21.3. The van der Waals surface area contributed by atoms with Crippen molar-refractivity contribution in [1.82, 2.24) is 0 Å². The Balaban J connectivity index is 1.26. The van der Waals surface area contributed by atoms with Crippen molar-refractivity contribution < 1.29 is 22.7 Å². The van der Waals surface area contributed by atoms with Crippen LogP contribution in [-0.4, -0.2) is 18.1 Å². The zero-order valence-electron chi connectivity index (χ0n) is 25.3. The molecule has 3 aliphatic rings. The number of halogens is 3. The van der Waals surface area contributed by atoms with E-state index in [-0.39, 0.29) is 18.1 Å². The summed E-state index contributed by atoms with van der Waals surface area (Å²) in [5.41, 5.74) is 3.68. The van der Waals surface area contributed by atoms with E-state index < -0.39 is 11.7 Å². The molecule has 5 rings (SSSR count). The SMILES string of the molecule is O=C1\C=C/C2=C(/C=C/CC(=C/Cc3ccc(OC4CCCCCCC4)cc3)/N=C\2)C(CCc2ccccc2C(F)(F)F)CC1. The van der Waals surface area contributed by atoms with Gasteiger partial charge in [0.2, 0.25) is 0 Å². The zero-order chi connectivity index (χ0) is 30.8. The number of ketones is 1. The number of nitrogens with zero attached hydrogens (tertiary/aromatic N) is 1. The molecule has 2 aliphatic carbocycles. The predicted octanol–water partition coefficient (Wildman–Crippen LogP) is 10.1. The number of hydrogen-bond donors (Lipinski definition) is 0. The number of carbonyl (C=O) groups excluding carboxylic acids is 1. The fourth-order valence-electron chi connectivity index (χ4n) is 6.38. The first-order valence-electron chi connectivity index (χ1n) is 16.1. The van der Waals surface area contributed by atoms with Crippen LogP contribution in [0.25, 0.3) is 0 Å². The van der Waals surface area contributed by atoms with Crippen LogP contribution in [0.2, 0.25) is 0 Å². The minimum absolute atomic E-state index is 0.0226. The number of aliphatic imine (C=N–C) groups is 1. The van der Waals surface area contributed by atoms with Crippen molar-refractivity contribution in [3.8, 4) is 5.75 Å². The van der Waals surface area contributed by atoms with Gasteiger partial charge in [-0.3, -0.25) is 9.79 Å². The highest BCUT2D eigenvalue weighted by Gasteiger charge is 2.33. The Morgan fingerprint density at radius 1 is 0.886 bits per heavy atom. The summed E-state index contributed by atoms with van der Waals surface area (Å²) in [6.07, 6.45) is 19.3. The van der Waals surface area contributed by atoms with E-state index in [4.69, 9.17) is 9.73 Å². The molecular weight excluding hydrogens is 559 g/mol. The number of rotatable bonds is 7. The number of hydrogen-bond acceptors (Lipinski definition) is 3. The van der Waals surface area contributed by atoms with Crippen molar-refractivity contribution in [1.29, 1.82) is 0 Å². The molecule has 1 atom stereocenters. The number of benzene rings is 2. The normalized spacial score (nSPS) is 25.0. The lowest BCUT2D eigenvalue weighted by Gasteiger charge is -2.23. The van der Waals surface area contributed by atoms with Gasteiger partial charge in [-0.2, -0.15) is 13.2 Å². The summed E-state index contributed by atoms with van der Waals surface area (Å²) in [6.45, 7) is 0. The Labute approximate surface area is 259 Å². The minimum Gasteiger partial charge on any atom is -0.490 e. The maximum atomic E-state index is 13.6. The summed E-state index contributed by atoms with van der Waals surface area (Å²) in [7, 11) is 0. The molecule has 2 aromatic carbocycles. The number of alkyl halides is 3. The number of allylic oxidation sites excluding steroid dienone is 7.